The van der Waals surface area contributed by atoms with Gasteiger partial charge in [0.1, 0.15) is 0 Å². The Labute approximate surface area is 68.0 Å². The second-order valence-corrected chi connectivity index (χ2v) is 2.83. The van der Waals surface area contributed by atoms with E-state index in [0.29, 0.717) is 13.1 Å². The summed E-state index contributed by atoms with van der Waals surface area (Å²) in [5, 5.41) is 18.0. The highest BCUT2D eigenvalue weighted by atomic mass is 16.3. The molecule has 0 saturated heterocycles. The van der Waals surface area contributed by atoms with E-state index in [9.17, 15) is 0 Å². The van der Waals surface area contributed by atoms with Crippen LogP contribution in [0.1, 0.15) is 13.8 Å². The van der Waals surface area contributed by atoms with Gasteiger partial charge in [0.25, 0.3) is 0 Å². The van der Waals surface area contributed by atoms with Crippen LogP contribution in [0.4, 0.5) is 0 Å². The van der Waals surface area contributed by atoms with E-state index in [0.717, 1.165) is 0 Å². The number of nitrogens with zero attached hydrogens (tertiary/aromatic N) is 1. The summed E-state index contributed by atoms with van der Waals surface area (Å²) < 4.78 is 0. The molecule has 0 saturated carbocycles. The van der Waals surface area contributed by atoms with Crippen LogP contribution < -0.4 is 0 Å². The molecule has 0 aliphatic carbocycles. The Kier molecular flexibility index (Phi) is 4.90. The van der Waals surface area contributed by atoms with Gasteiger partial charge in [0.05, 0.1) is 12.2 Å². The topological polar surface area (TPSA) is 43.7 Å². The highest BCUT2D eigenvalue weighted by Crippen LogP contribution is 1.94. The lowest BCUT2D eigenvalue weighted by molar-refractivity contribution is 0.110. The van der Waals surface area contributed by atoms with E-state index >= 15 is 0 Å². The molecule has 66 valence electrons. The van der Waals surface area contributed by atoms with Gasteiger partial charge >= 0.3 is 0 Å². The van der Waals surface area contributed by atoms with Crippen LogP contribution in [-0.2, 0) is 0 Å². The van der Waals surface area contributed by atoms with Gasteiger partial charge in [-0.15, -0.1) is 0 Å². The van der Waals surface area contributed by atoms with Gasteiger partial charge in [0, 0.05) is 13.1 Å². The van der Waals surface area contributed by atoms with E-state index in [-0.39, 0.29) is 12.2 Å². The summed E-state index contributed by atoms with van der Waals surface area (Å²) in [5.41, 5.74) is 0. The molecule has 0 rings (SSSR count). The minimum atomic E-state index is -0.383. The average Bonchev–Trinajstić information content (AvgIpc) is 1.84. The molecular formula is C8H17NO2. The predicted octanol–water partition coefficient (Wildman–Crippen LogP) is 0.193. The summed E-state index contributed by atoms with van der Waals surface area (Å²) in [7, 11) is 0. The van der Waals surface area contributed by atoms with Crippen LogP contribution >= 0.6 is 0 Å². The van der Waals surface area contributed by atoms with Crippen LogP contribution in [0, 0.1) is 0 Å². The van der Waals surface area contributed by atoms with E-state index in [1.807, 2.05) is 0 Å². The van der Waals surface area contributed by atoms with Crippen LogP contribution in [0.2, 0.25) is 0 Å². The van der Waals surface area contributed by atoms with Gasteiger partial charge in [-0.1, -0.05) is 6.58 Å². The number of aliphatic hydroxyl groups is 2. The molecule has 2 atom stereocenters. The first kappa shape index (κ1) is 10.5. The molecule has 0 amide bonds. The third kappa shape index (κ3) is 5.88. The fourth-order valence-corrected chi connectivity index (χ4v) is 0.902. The third-order valence-corrected chi connectivity index (χ3v) is 1.26. The fraction of sp³-hybridized carbons (Fsp3) is 0.750. The molecule has 0 radical (unpaired) electrons. The van der Waals surface area contributed by atoms with Crippen molar-refractivity contribution in [2.24, 2.45) is 0 Å². The Hall–Kier alpha value is -0.540. The zero-order valence-corrected chi connectivity index (χ0v) is 7.20. The Morgan fingerprint density at radius 1 is 1.27 bits per heavy atom. The van der Waals surface area contributed by atoms with Gasteiger partial charge in [0.2, 0.25) is 0 Å². The van der Waals surface area contributed by atoms with Crippen LogP contribution in [0.3, 0.4) is 0 Å². The summed E-state index contributed by atoms with van der Waals surface area (Å²) in [6, 6.07) is 0. The van der Waals surface area contributed by atoms with E-state index in [2.05, 4.69) is 6.58 Å². The number of hydrogen-bond donors (Lipinski definition) is 2. The van der Waals surface area contributed by atoms with Crippen molar-refractivity contribution in [3.63, 3.8) is 0 Å². The van der Waals surface area contributed by atoms with Crippen molar-refractivity contribution in [2.45, 2.75) is 26.1 Å². The van der Waals surface area contributed by atoms with Crippen molar-refractivity contribution in [2.75, 3.05) is 13.1 Å². The SMILES string of the molecule is C=CN(C[C@H](C)O)C[C@H](C)O. The van der Waals surface area contributed by atoms with Crippen LogP contribution in [0.25, 0.3) is 0 Å². The standard InChI is InChI=1S/C8H17NO2/c1-4-9(5-7(2)10)6-8(3)11/h4,7-8,10-11H,1,5-6H2,2-3H3/t7-,8-/m0/s1. The largest absolute Gasteiger partial charge is 0.392 e. The fourth-order valence-electron chi connectivity index (χ4n) is 0.902. The maximum absolute atomic E-state index is 9.00. The minimum Gasteiger partial charge on any atom is -0.392 e. The highest BCUT2D eigenvalue weighted by molar-refractivity contribution is 4.74. The lowest BCUT2D eigenvalue weighted by atomic mass is 10.3. The van der Waals surface area contributed by atoms with Gasteiger partial charge in [0.15, 0.2) is 0 Å². The predicted molar refractivity (Wildman–Crippen MR) is 45.1 cm³/mol. The van der Waals surface area contributed by atoms with E-state index in [1.54, 1.807) is 24.9 Å². The van der Waals surface area contributed by atoms with Crippen molar-refractivity contribution >= 4 is 0 Å². The summed E-state index contributed by atoms with van der Waals surface area (Å²) >= 11 is 0. The summed E-state index contributed by atoms with van der Waals surface area (Å²) in [6.07, 6.45) is 0.859. The van der Waals surface area contributed by atoms with Crippen molar-refractivity contribution in [1.82, 2.24) is 4.90 Å². The number of hydrogen-bond acceptors (Lipinski definition) is 3. The number of rotatable bonds is 5. The second-order valence-electron chi connectivity index (χ2n) is 2.83. The molecule has 0 aliphatic heterocycles. The van der Waals surface area contributed by atoms with Crippen molar-refractivity contribution in [3.8, 4) is 0 Å². The quantitative estimate of drug-likeness (QED) is 0.602. The third-order valence-electron chi connectivity index (χ3n) is 1.26. The molecule has 3 heteroatoms. The lowest BCUT2D eigenvalue weighted by Crippen LogP contribution is -2.31. The van der Waals surface area contributed by atoms with Gasteiger partial charge in [-0.05, 0) is 20.0 Å². The van der Waals surface area contributed by atoms with E-state index in [1.165, 1.54) is 0 Å². The monoisotopic (exact) mass is 159 g/mol. The van der Waals surface area contributed by atoms with Gasteiger partial charge < -0.3 is 15.1 Å². The molecule has 11 heavy (non-hydrogen) atoms. The van der Waals surface area contributed by atoms with Crippen molar-refractivity contribution < 1.29 is 10.2 Å². The van der Waals surface area contributed by atoms with Crippen LogP contribution in [-0.4, -0.2) is 40.4 Å². The van der Waals surface area contributed by atoms with Gasteiger partial charge in [-0.25, -0.2) is 0 Å². The molecule has 0 heterocycles. The first-order chi connectivity index (χ1) is 5.06. The first-order valence-corrected chi connectivity index (χ1v) is 3.79. The van der Waals surface area contributed by atoms with E-state index < -0.39 is 0 Å². The zero-order chi connectivity index (χ0) is 8.85. The van der Waals surface area contributed by atoms with Crippen molar-refractivity contribution in [1.29, 1.82) is 0 Å². The summed E-state index contributed by atoms with van der Waals surface area (Å²) in [6.45, 7) is 8.03. The molecule has 0 bridgehead atoms. The molecular weight excluding hydrogens is 142 g/mol. The zero-order valence-electron chi connectivity index (χ0n) is 7.20. The van der Waals surface area contributed by atoms with Crippen molar-refractivity contribution in [3.05, 3.63) is 12.8 Å². The smallest absolute Gasteiger partial charge is 0.0686 e. The van der Waals surface area contributed by atoms with Crippen LogP contribution in [0.15, 0.2) is 12.8 Å². The highest BCUT2D eigenvalue weighted by Gasteiger charge is 2.05. The molecule has 3 nitrogen and oxygen atoms in total. The number of aliphatic hydroxyl groups excluding tert-OH is 2. The lowest BCUT2D eigenvalue weighted by Gasteiger charge is -2.22. The molecule has 0 aromatic rings. The molecule has 0 unspecified atom stereocenters. The Bertz CT molecular complexity index is 103. The second kappa shape index (κ2) is 5.16. The molecule has 0 aromatic carbocycles. The van der Waals surface area contributed by atoms with Gasteiger partial charge in [-0.2, -0.15) is 0 Å². The molecule has 0 spiro atoms. The van der Waals surface area contributed by atoms with Gasteiger partial charge in [-0.3, -0.25) is 0 Å². The molecule has 0 aromatic heterocycles. The summed E-state index contributed by atoms with van der Waals surface area (Å²) in [5.74, 6) is 0. The maximum Gasteiger partial charge on any atom is 0.0686 e. The van der Waals surface area contributed by atoms with Crippen LogP contribution in [0.5, 0.6) is 0 Å². The first-order valence-electron chi connectivity index (χ1n) is 3.79. The minimum absolute atomic E-state index is 0.383. The molecule has 0 fully saturated rings. The maximum atomic E-state index is 9.00. The average molecular weight is 159 g/mol. The summed E-state index contributed by atoms with van der Waals surface area (Å²) in [4.78, 5) is 1.79. The molecule has 2 N–H and O–H groups in total. The Morgan fingerprint density at radius 2 is 1.64 bits per heavy atom. The Morgan fingerprint density at radius 3 is 1.82 bits per heavy atom. The van der Waals surface area contributed by atoms with E-state index in [4.69, 9.17) is 10.2 Å². The Balaban J connectivity index is 3.67. The molecule has 0 aliphatic rings. The normalized spacial score (nSPS) is 15.6.